The number of methoxy groups -OCH3 is 1. The molecule has 0 radical (unpaired) electrons. The van der Waals surface area contributed by atoms with Crippen LogP contribution in [0.1, 0.15) is 38.2 Å². The fraction of sp³-hybridized carbons (Fsp3) is 0.562. The van der Waals surface area contributed by atoms with Crippen LogP contribution in [0.3, 0.4) is 0 Å². The number of ether oxygens (including phenoxy) is 1. The van der Waals surface area contributed by atoms with Crippen LogP contribution in [-0.4, -0.2) is 12.6 Å². The zero-order valence-electron chi connectivity index (χ0n) is 11.8. The molecule has 0 aliphatic heterocycles. The fourth-order valence-electron chi connectivity index (χ4n) is 2.70. The highest BCUT2D eigenvalue weighted by Crippen LogP contribution is 2.32. The number of hydrogen-bond donors (Lipinski definition) is 1. The second-order valence-electron chi connectivity index (χ2n) is 5.54. The summed E-state index contributed by atoms with van der Waals surface area (Å²) < 4.78 is 5.35. The van der Waals surface area contributed by atoms with E-state index in [4.69, 9.17) is 4.74 Å². The molecule has 0 heterocycles. The van der Waals surface area contributed by atoms with E-state index in [9.17, 15) is 5.26 Å². The number of nitrogens with zero attached hydrogens (tertiary/aromatic N) is 1. The topological polar surface area (TPSA) is 45.0 Å². The van der Waals surface area contributed by atoms with Crippen molar-refractivity contribution in [3.8, 4) is 11.8 Å². The Bertz CT molecular complexity index is 456. The lowest BCUT2D eigenvalue weighted by Crippen LogP contribution is -2.46. The maximum absolute atomic E-state index is 9.49. The number of nitrogens with one attached hydrogen (secondary N) is 1. The first-order valence-electron chi connectivity index (χ1n) is 6.97. The molecule has 3 heteroatoms. The van der Waals surface area contributed by atoms with Gasteiger partial charge in [-0.3, -0.25) is 5.32 Å². The van der Waals surface area contributed by atoms with Crippen molar-refractivity contribution in [2.24, 2.45) is 5.92 Å². The van der Waals surface area contributed by atoms with Gasteiger partial charge in [-0.2, -0.15) is 5.26 Å². The van der Waals surface area contributed by atoms with Crippen molar-refractivity contribution in [2.45, 2.75) is 44.7 Å². The molecule has 1 aromatic carbocycles. The zero-order valence-corrected chi connectivity index (χ0v) is 11.8. The Morgan fingerprint density at radius 1 is 1.37 bits per heavy atom. The van der Waals surface area contributed by atoms with Crippen molar-refractivity contribution < 1.29 is 4.74 Å². The lowest BCUT2D eigenvalue weighted by Gasteiger charge is -2.34. The van der Waals surface area contributed by atoms with E-state index >= 15 is 0 Å². The summed E-state index contributed by atoms with van der Waals surface area (Å²) in [6.45, 7) is 2.95. The quantitative estimate of drug-likeness (QED) is 0.901. The largest absolute Gasteiger partial charge is 0.496 e. The minimum absolute atomic E-state index is 0.354. The Morgan fingerprint density at radius 2 is 2.05 bits per heavy atom. The average molecular weight is 258 g/mol. The first-order chi connectivity index (χ1) is 9.19. The lowest BCUT2D eigenvalue weighted by molar-refractivity contribution is 0.247. The Labute approximate surface area is 115 Å². The first kappa shape index (κ1) is 13.9. The molecule has 0 saturated heterocycles. The molecule has 1 saturated carbocycles. The molecule has 0 aromatic heterocycles. The van der Waals surface area contributed by atoms with Crippen molar-refractivity contribution in [3.05, 3.63) is 29.8 Å². The highest BCUT2D eigenvalue weighted by Gasteiger charge is 2.33. The number of rotatable bonds is 4. The molecule has 1 fully saturated rings. The van der Waals surface area contributed by atoms with E-state index in [1.165, 1.54) is 0 Å². The van der Waals surface area contributed by atoms with E-state index in [0.717, 1.165) is 42.9 Å². The van der Waals surface area contributed by atoms with Crippen LogP contribution in [0.25, 0.3) is 0 Å². The summed E-state index contributed by atoms with van der Waals surface area (Å²) in [5.74, 6) is 1.63. The van der Waals surface area contributed by atoms with E-state index in [2.05, 4.69) is 18.3 Å². The van der Waals surface area contributed by atoms with E-state index in [-0.39, 0.29) is 5.54 Å². The molecule has 3 nitrogen and oxygen atoms in total. The van der Waals surface area contributed by atoms with E-state index in [1.54, 1.807) is 7.11 Å². The lowest BCUT2D eigenvalue weighted by atomic mass is 9.78. The van der Waals surface area contributed by atoms with Crippen molar-refractivity contribution in [1.29, 1.82) is 5.26 Å². The molecule has 102 valence electrons. The van der Waals surface area contributed by atoms with Crippen LogP contribution in [0.5, 0.6) is 5.75 Å². The summed E-state index contributed by atoms with van der Waals surface area (Å²) in [6, 6.07) is 10.5. The van der Waals surface area contributed by atoms with Crippen molar-refractivity contribution in [2.75, 3.05) is 7.11 Å². The van der Waals surface area contributed by atoms with E-state index in [1.807, 2.05) is 24.3 Å². The normalized spacial score (nSPS) is 26.7. The molecule has 0 bridgehead atoms. The number of nitriles is 1. The Hall–Kier alpha value is -1.53. The van der Waals surface area contributed by atoms with Gasteiger partial charge < -0.3 is 4.74 Å². The second kappa shape index (κ2) is 6.08. The Morgan fingerprint density at radius 3 is 2.68 bits per heavy atom. The molecule has 0 atom stereocenters. The smallest absolute Gasteiger partial charge is 0.123 e. The molecule has 1 aliphatic carbocycles. The van der Waals surface area contributed by atoms with Gasteiger partial charge in [-0.25, -0.2) is 0 Å². The average Bonchev–Trinajstić information content (AvgIpc) is 2.47. The number of benzene rings is 1. The Balaban J connectivity index is 2.02. The third-order valence-corrected chi connectivity index (χ3v) is 4.15. The van der Waals surface area contributed by atoms with Crippen LogP contribution in [0, 0.1) is 17.2 Å². The van der Waals surface area contributed by atoms with Crippen molar-refractivity contribution in [1.82, 2.24) is 5.32 Å². The molecule has 1 N–H and O–H groups in total. The van der Waals surface area contributed by atoms with Crippen LogP contribution < -0.4 is 10.1 Å². The summed E-state index contributed by atoms with van der Waals surface area (Å²) in [7, 11) is 1.68. The third-order valence-electron chi connectivity index (χ3n) is 4.15. The predicted molar refractivity (Wildman–Crippen MR) is 75.8 cm³/mol. The van der Waals surface area contributed by atoms with Crippen LogP contribution >= 0.6 is 0 Å². The van der Waals surface area contributed by atoms with Gasteiger partial charge in [0.1, 0.15) is 11.3 Å². The van der Waals surface area contributed by atoms with Gasteiger partial charge in [0.15, 0.2) is 0 Å². The molecule has 1 aromatic rings. The monoisotopic (exact) mass is 258 g/mol. The molecule has 0 spiro atoms. The van der Waals surface area contributed by atoms with Gasteiger partial charge in [-0.1, -0.05) is 25.1 Å². The minimum Gasteiger partial charge on any atom is -0.496 e. The van der Waals surface area contributed by atoms with E-state index < -0.39 is 0 Å². The van der Waals surface area contributed by atoms with Gasteiger partial charge in [0.2, 0.25) is 0 Å². The molecule has 2 rings (SSSR count). The Kier molecular flexibility index (Phi) is 4.44. The molecule has 0 amide bonds. The highest BCUT2D eigenvalue weighted by molar-refractivity contribution is 5.33. The summed E-state index contributed by atoms with van der Waals surface area (Å²) >= 11 is 0. The van der Waals surface area contributed by atoms with Crippen molar-refractivity contribution >= 4 is 0 Å². The molecule has 19 heavy (non-hydrogen) atoms. The number of hydrogen-bond acceptors (Lipinski definition) is 3. The zero-order chi connectivity index (χ0) is 13.7. The van der Waals surface area contributed by atoms with Crippen LogP contribution in [0.2, 0.25) is 0 Å². The van der Waals surface area contributed by atoms with Crippen LogP contribution in [0.4, 0.5) is 0 Å². The summed E-state index contributed by atoms with van der Waals surface area (Å²) in [5, 5.41) is 12.9. The standard InChI is InChI=1S/C16H22N2O/c1-13-7-9-16(12-17,10-8-13)18-11-14-5-3-4-6-15(14)19-2/h3-6,13,18H,7-11H2,1-2H3. The van der Waals surface area contributed by atoms with Crippen LogP contribution in [-0.2, 0) is 6.54 Å². The van der Waals surface area contributed by atoms with Gasteiger partial charge in [-0.15, -0.1) is 0 Å². The summed E-state index contributed by atoms with van der Waals surface area (Å²) in [6.07, 6.45) is 4.15. The molecule has 0 unspecified atom stereocenters. The molecular formula is C16H22N2O. The van der Waals surface area contributed by atoms with E-state index in [0.29, 0.717) is 6.54 Å². The van der Waals surface area contributed by atoms with Crippen molar-refractivity contribution in [3.63, 3.8) is 0 Å². The van der Waals surface area contributed by atoms with Crippen LogP contribution in [0.15, 0.2) is 24.3 Å². The third kappa shape index (κ3) is 3.27. The second-order valence-corrected chi connectivity index (χ2v) is 5.54. The highest BCUT2D eigenvalue weighted by atomic mass is 16.5. The first-order valence-corrected chi connectivity index (χ1v) is 6.97. The SMILES string of the molecule is COc1ccccc1CNC1(C#N)CCC(C)CC1. The summed E-state index contributed by atoms with van der Waals surface area (Å²) in [5.41, 5.74) is 0.756. The van der Waals surface area contributed by atoms with Gasteiger partial charge in [0.25, 0.3) is 0 Å². The summed E-state index contributed by atoms with van der Waals surface area (Å²) in [4.78, 5) is 0. The number of para-hydroxylation sites is 1. The van der Waals surface area contributed by atoms with Gasteiger partial charge in [0, 0.05) is 12.1 Å². The van der Waals surface area contributed by atoms with Gasteiger partial charge in [-0.05, 0) is 37.7 Å². The maximum Gasteiger partial charge on any atom is 0.123 e. The predicted octanol–water partition coefficient (Wildman–Crippen LogP) is 3.26. The van der Waals surface area contributed by atoms with Gasteiger partial charge in [0.05, 0.1) is 13.2 Å². The molecular weight excluding hydrogens is 236 g/mol. The maximum atomic E-state index is 9.49. The molecule has 1 aliphatic rings. The fourth-order valence-corrected chi connectivity index (χ4v) is 2.70. The van der Waals surface area contributed by atoms with Gasteiger partial charge >= 0.3 is 0 Å². The minimum atomic E-state index is -0.354.